The van der Waals surface area contributed by atoms with Crippen molar-refractivity contribution in [3.8, 4) is 0 Å². The Kier molecular flexibility index (Phi) is 2.16. The Bertz CT molecular complexity index is 501. The Hall–Kier alpha value is -1.51. The van der Waals surface area contributed by atoms with E-state index >= 15 is 0 Å². The summed E-state index contributed by atoms with van der Waals surface area (Å²) in [4.78, 5) is 16.8. The summed E-state index contributed by atoms with van der Waals surface area (Å²) in [5.41, 5.74) is 3.40. The second-order valence-electron chi connectivity index (χ2n) is 5.70. The number of nitrogens with zero attached hydrogens (tertiary/aromatic N) is 2. The van der Waals surface area contributed by atoms with Gasteiger partial charge < -0.3 is 9.80 Å². The summed E-state index contributed by atoms with van der Waals surface area (Å²) in [6, 6.07) is 6.99. The molecule has 0 spiro atoms. The molecule has 94 valence electrons. The molecule has 2 fully saturated rings. The van der Waals surface area contributed by atoms with Gasteiger partial charge in [0.05, 0.1) is 0 Å². The van der Waals surface area contributed by atoms with Crippen LogP contribution in [0.2, 0.25) is 0 Å². The largest absolute Gasteiger partial charge is 0.372 e. The maximum absolute atomic E-state index is 12.4. The predicted octanol–water partition coefficient (Wildman–Crippen LogP) is 2.41. The van der Waals surface area contributed by atoms with Crippen LogP contribution in [0.1, 0.15) is 41.6 Å². The van der Waals surface area contributed by atoms with E-state index in [1.54, 1.807) is 0 Å². The van der Waals surface area contributed by atoms with Gasteiger partial charge in [-0.05, 0) is 43.4 Å². The molecule has 1 saturated heterocycles. The van der Waals surface area contributed by atoms with Crippen LogP contribution in [0.5, 0.6) is 0 Å². The van der Waals surface area contributed by atoms with Crippen molar-refractivity contribution in [1.29, 1.82) is 0 Å². The number of carbonyl (C=O) groups is 1. The van der Waals surface area contributed by atoms with E-state index in [4.69, 9.17) is 0 Å². The second kappa shape index (κ2) is 3.74. The minimum Gasteiger partial charge on any atom is -0.372 e. The summed E-state index contributed by atoms with van der Waals surface area (Å²) in [5.74, 6) is 0.258. The first-order chi connectivity index (χ1) is 8.83. The van der Waals surface area contributed by atoms with E-state index in [2.05, 4.69) is 28.0 Å². The van der Waals surface area contributed by atoms with E-state index in [1.165, 1.54) is 36.9 Å². The molecule has 0 aromatic heterocycles. The second-order valence-corrected chi connectivity index (χ2v) is 5.70. The monoisotopic (exact) mass is 242 g/mol. The third-order valence-electron chi connectivity index (χ3n) is 4.38. The molecule has 2 heterocycles. The fourth-order valence-electron chi connectivity index (χ4n) is 3.16. The molecule has 0 atom stereocenters. The quantitative estimate of drug-likeness (QED) is 0.795. The predicted molar refractivity (Wildman–Crippen MR) is 70.8 cm³/mol. The van der Waals surface area contributed by atoms with Crippen LogP contribution in [0.15, 0.2) is 18.2 Å². The average molecular weight is 242 g/mol. The molecule has 3 aliphatic rings. The van der Waals surface area contributed by atoms with Crippen LogP contribution >= 0.6 is 0 Å². The Morgan fingerprint density at radius 3 is 2.61 bits per heavy atom. The summed E-state index contributed by atoms with van der Waals surface area (Å²) in [6.07, 6.45) is 4.94. The van der Waals surface area contributed by atoms with E-state index < -0.39 is 0 Å². The van der Waals surface area contributed by atoms with Crippen molar-refractivity contribution in [2.75, 3.05) is 18.0 Å². The number of hydrogen-bond acceptors (Lipinski definition) is 2. The lowest BCUT2D eigenvalue weighted by Crippen LogP contribution is -2.26. The maximum Gasteiger partial charge on any atom is 0.254 e. The fourth-order valence-corrected chi connectivity index (χ4v) is 3.16. The van der Waals surface area contributed by atoms with E-state index in [0.717, 1.165) is 25.2 Å². The van der Waals surface area contributed by atoms with Crippen molar-refractivity contribution in [2.45, 2.75) is 38.3 Å². The Morgan fingerprint density at radius 1 is 1.11 bits per heavy atom. The lowest BCUT2D eigenvalue weighted by atomic mass is 10.1. The van der Waals surface area contributed by atoms with Crippen LogP contribution in [0.25, 0.3) is 0 Å². The highest BCUT2D eigenvalue weighted by Gasteiger charge is 2.38. The number of fused-ring (bicyclic) bond motifs is 1. The van der Waals surface area contributed by atoms with E-state index in [1.807, 2.05) is 0 Å². The molecule has 4 rings (SSSR count). The third-order valence-corrected chi connectivity index (χ3v) is 4.38. The number of hydrogen-bond donors (Lipinski definition) is 0. The molecule has 0 radical (unpaired) electrons. The summed E-state index contributed by atoms with van der Waals surface area (Å²) in [6.45, 7) is 3.11. The van der Waals surface area contributed by atoms with Gasteiger partial charge in [0.25, 0.3) is 5.91 Å². The summed E-state index contributed by atoms with van der Waals surface area (Å²) < 4.78 is 0. The van der Waals surface area contributed by atoms with Gasteiger partial charge in [0, 0.05) is 36.9 Å². The van der Waals surface area contributed by atoms with Crippen molar-refractivity contribution in [3.63, 3.8) is 0 Å². The first-order valence-electron chi connectivity index (χ1n) is 7.02. The van der Waals surface area contributed by atoms with Crippen LogP contribution in [0, 0.1) is 0 Å². The molecule has 0 N–H and O–H groups in total. The first kappa shape index (κ1) is 10.4. The first-order valence-corrected chi connectivity index (χ1v) is 7.02. The van der Waals surface area contributed by atoms with Crippen molar-refractivity contribution in [2.24, 2.45) is 0 Å². The van der Waals surface area contributed by atoms with Crippen LogP contribution in [0.4, 0.5) is 5.69 Å². The smallest absolute Gasteiger partial charge is 0.254 e. The van der Waals surface area contributed by atoms with Gasteiger partial charge in [-0.2, -0.15) is 0 Å². The number of benzene rings is 1. The minimum absolute atomic E-state index is 0.258. The van der Waals surface area contributed by atoms with Crippen LogP contribution in [-0.4, -0.2) is 29.9 Å². The van der Waals surface area contributed by atoms with Gasteiger partial charge >= 0.3 is 0 Å². The normalized spacial score (nSPS) is 22.8. The molecule has 0 bridgehead atoms. The Morgan fingerprint density at radius 2 is 1.89 bits per heavy atom. The van der Waals surface area contributed by atoms with Gasteiger partial charge in [0.15, 0.2) is 0 Å². The van der Waals surface area contributed by atoms with Gasteiger partial charge in [0.1, 0.15) is 0 Å². The molecule has 1 amide bonds. The summed E-state index contributed by atoms with van der Waals surface area (Å²) in [5, 5.41) is 0. The molecular formula is C15H18N2O. The molecule has 3 nitrogen and oxygen atoms in total. The maximum atomic E-state index is 12.4. The summed E-state index contributed by atoms with van der Waals surface area (Å²) in [7, 11) is 0. The van der Waals surface area contributed by atoms with E-state index in [0.29, 0.717) is 6.04 Å². The molecule has 1 saturated carbocycles. The Balaban J connectivity index is 1.66. The SMILES string of the molecule is O=C1c2cc(N3CCCC3)ccc2CN1C1CC1. The molecular weight excluding hydrogens is 224 g/mol. The topological polar surface area (TPSA) is 23.6 Å². The highest BCUT2D eigenvalue weighted by atomic mass is 16.2. The van der Waals surface area contributed by atoms with Gasteiger partial charge in [-0.1, -0.05) is 6.07 Å². The van der Waals surface area contributed by atoms with Crippen molar-refractivity contribution in [1.82, 2.24) is 4.90 Å². The zero-order valence-electron chi connectivity index (χ0n) is 10.6. The van der Waals surface area contributed by atoms with Gasteiger partial charge in [-0.25, -0.2) is 0 Å². The minimum atomic E-state index is 0.258. The molecule has 18 heavy (non-hydrogen) atoms. The number of amides is 1. The highest BCUT2D eigenvalue weighted by Crippen LogP contribution is 2.36. The van der Waals surface area contributed by atoms with Crippen LogP contribution < -0.4 is 4.90 Å². The molecule has 1 aliphatic carbocycles. The number of carbonyl (C=O) groups excluding carboxylic acids is 1. The summed E-state index contributed by atoms with van der Waals surface area (Å²) >= 11 is 0. The highest BCUT2D eigenvalue weighted by molar-refractivity contribution is 5.99. The lowest BCUT2D eigenvalue weighted by molar-refractivity contribution is 0.0766. The molecule has 0 unspecified atom stereocenters. The molecule has 3 heteroatoms. The van der Waals surface area contributed by atoms with Crippen molar-refractivity contribution in [3.05, 3.63) is 29.3 Å². The van der Waals surface area contributed by atoms with E-state index in [-0.39, 0.29) is 5.91 Å². The van der Waals surface area contributed by atoms with Crippen LogP contribution in [-0.2, 0) is 6.54 Å². The van der Waals surface area contributed by atoms with Gasteiger partial charge in [0.2, 0.25) is 0 Å². The van der Waals surface area contributed by atoms with Crippen LogP contribution in [0.3, 0.4) is 0 Å². The van der Waals surface area contributed by atoms with Gasteiger partial charge in [-0.15, -0.1) is 0 Å². The molecule has 2 aliphatic heterocycles. The van der Waals surface area contributed by atoms with Crippen molar-refractivity contribution < 1.29 is 4.79 Å². The average Bonchev–Trinajstić information content (AvgIpc) is 2.98. The zero-order valence-corrected chi connectivity index (χ0v) is 10.6. The van der Waals surface area contributed by atoms with Crippen molar-refractivity contribution >= 4 is 11.6 Å². The Labute approximate surface area is 107 Å². The van der Waals surface area contributed by atoms with E-state index in [9.17, 15) is 4.79 Å². The fraction of sp³-hybridized carbons (Fsp3) is 0.533. The lowest BCUT2D eigenvalue weighted by Gasteiger charge is -2.18. The standard InChI is InChI=1S/C15H18N2O/c18-15-14-9-13(16-7-1-2-8-16)4-3-11(14)10-17(15)12-5-6-12/h3-4,9,12H,1-2,5-8,10H2. The molecule has 1 aromatic carbocycles. The molecule has 1 aromatic rings. The number of anilines is 1. The third kappa shape index (κ3) is 1.53. The van der Waals surface area contributed by atoms with Gasteiger partial charge in [-0.3, -0.25) is 4.79 Å². The zero-order chi connectivity index (χ0) is 12.1. The number of rotatable bonds is 2.